The van der Waals surface area contributed by atoms with E-state index in [9.17, 15) is 4.79 Å². The summed E-state index contributed by atoms with van der Waals surface area (Å²) in [4.78, 5) is 12.6. The monoisotopic (exact) mass is 369 g/mol. The highest BCUT2D eigenvalue weighted by molar-refractivity contribution is 5.75. The van der Waals surface area contributed by atoms with Gasteiger partial charge in [0.05, 0.1) is 18.1 Å². The zero-order valence-corrected chi connectivity index (χ0v) is 16.3. The van der Waals surface area contributed by atoms with Crippen LogP contribution in [-0.2, 0) is 20.7 Å². The molecule has 2 saturated carbocycles. The molecule has 1 aromatic rings. The minimum atomic E-state index is 0.00745. The first-order valence-corrected chi connectivity index (χ1v) is 10.7. The molecule has 0 radical (unpaired) electrons. The van der Waals surface area contributed by atoms with Gasteiger partial charge in [0.1, 0.15) is 6.10 Å². The maximum atomic E-state index is 12.6. The Balaban J connectivity index is 1.22. The van der Waals surface area contributed by atoms with Gasteiger partial charge in [0, 0.05) is 12.5 Å². The third kappa shape index (κ3) is 3.11. The number of fused-ring (bicyclic) bond motifs is 3. The van der Waals surface area contributed by atoms with Crippen LogP contribution in [0, 0.1) is 23.2 Å². The van der Waals surface area contributed by atoms with Crippen molar-refractivity contribution in [2.24, 2.45) is 23.2 Å². The van der Waals surface area contributed by atoms with Crippen LogP contribution in [0.1, 0.15) is 44.6 Å². The fourth-order valence-corrected chi connectivity index (χ4v) is 6.33. The molecule has 0 amide bonds. The summed E-state index contributed by atoms with van der Waals surface area (Å²) in [5.74, 6) is 0.985. The van der Waals surface area contributed by atoms with E-state index >= 15 is 0 Å². The molecule has 27 heavy (non-hydrogen) atoms. The predicted octanol–water partition coefficient (Wildman–Crippen LogP) is 3.35. The standard InChI is InChI=1S/C23H31NO3/c1-22-9-5-10-23(15-26-23)20(22)12-17-18(21(25)27-19(17)13-22)14-24-11-8-16-6-3-2-4-7-16/h2-4,6-7,17-20,24H,5,8-15H2,1H3/t17-,18+,19+,20+,22+,23-/m0/s1. The van der Waals surface area contributed by atoms with Crippen LogP contribution in [0.25, 0.3) is 0 Å². The molecular weight excluding hydrogens is 338 g/mol. The molecule has 0 bridgehead atoms. The molecule has 1 spiro atoms. The molecule has 0 unspecified atom stereocenters. The SMILES string of the molecule is C[C@]12CCC[C@]3(CO3)[C@@H]1C[C@@H]1[C@@H](C2)OC(=O)[C@@H]1CNCCc1ccccc1. The van der Waals surface area contributed by atoms with Crippen LogP contribution in [0.3, 0.4) is 0 Å². The molecular formula is C23H31NO3. The van der Waals surface area contributed by atoms with E-state index in [2.05, 4.69) is 36.5 Å². The van der Waals surface area contributed by atoms with E-state index in [0.717, 1.165) is 39.0 Å². The Bertz CT molecular complexity index is 701. The predicted molar refractivity (Wildman–Crippen MR) is 103 cm³/mol. The van der Waals surface area contributed by atoms with E-state index in [1.807, 2.05) is 6.07 Å². The molecule has 0 aromatic heterocycles. The maximum absolute atomic E-state index is 12.6. The van der Waals surface area contributed by atoms with Crippen LogP contribution in [0.5, 0.6) is 0 Å². The molecule has 5 rings (SSSR count). The van der Waals surface area contributed by atoms with Crippen molar-refractivity contribution in [1.82, 2.24) is 5.32 Å². The Morgan fingerprint density at radius 1 is 1.22 bits per heavy atom. The van der Waals surface area contributed by atoms with Gasteiger partial charge in [-0.3, -0.25) is 4.79 Å². The molecule has 2 aliphatic heterocycles. The van der Waals surface area contributed by atoms with E-state index in [-0.39, 0.29) is 29.0 Å². The van der Waals surface area contributed by atoms with E-state index in [1.54, 1.807) is 0 Å². The number of benzene rings is 1. The van der Waals surface area contributed by atoms with Crippen molar-refractivity contribution in [3.63, 3.8) is 0 Å². The Morgan fingerprint density at radius 2 is 2.04 bits per heavy atom. The summed E-state index contributed by atoms with van der Waals surface area (Å²) < 4.78 is 11.9. The van der Waals surface area contributed by atoms with Crippen molar-refractivity contribution in [1.29, 1.82) is 0 Å². The number of hydrogen-bond donors (Lipinski definition) is 1. The number of rotatable bonds is 5. The summed E-state index contributed by atoms with van der Waals surface area (Å²) in [6.07, 6.45) is 6.95. The van der Waals surface area contributed by atoms with Gasteiger partial charge in [-0.25, -0.2) is 0 Å². The highest BCUT2D eigenvalue weighted by Gasteiger charge is 2.64. The van der Waals surface area contributed by atoms with Crippen LogP contribution in [0.4, 0.5) is 0 Å². The average Bonchev–Trinajstić information content (AvgIpc) is 3.36. The van der Waals surface area contributed by atoms with Crippen molar-refractivity contribution < 1.29 is 14.3 Å². The van der Waals surface area contributed by atoms with Crippen LogP contribution in [0.2, 0.25) is 0 Å². The number of esters is 1. The van der Waals surface area contributed by atoms with Gasteiger partial charge in [-0.1, -0.05) is 37.3 Å². The van der Waals surface area contributed by atoms with Gasteiger partial charge in [-0.15, -0.1) is 0 Å². The number of carbonyl (C=O) groups excluding carboxylic acids is 1. The lowest BCUT2D eigenvalue weighted by atomic mass is 9.53. The van der Waals surface area contributed by atoms with Gasteiger partial charge in [0.2, 0.25) is 0 Å². The number of carbonyl (C=O) groups is 1. The van der Waals surface area contributed by atoms with Crippen molar-refractivity contribution in [2.45, 2.75) is 57.2 Å². The number of ether oxygens (including phenoxy) is 2. The van der Waals surface area contributed by atoms with Gasteiger partial charge < -0.3 is 14.8 Å². The average molecular weight is 370 g/mol. The third-order valence-electron chi connectivity index (χ3n) is 7.88. The first-order chi connectivity index (χ1) is 13.1. The Hall–Kier alpha value is -1.39. The van der Waals surface area contributed by atoms with Crippen molar-refractivity contribution in [3.05, 3.63) is 35.9 Å². The molecule has 4 fully saturated rings. The van der Waals surface area contributed by atoms with Crippen LogP contribution < -0.4 is 5.32 Å². The van der Waals surface area contributed by atoms with Crippen LogP contribution in [-0.4, -0.2) is 37.4 Å². The molecule has 1 aromatic carbocycles. The highest BCUT2D eigenvalue weighted by atomic mass is 16.6. The molecule has 6 atom stereocenters. The van der Waals surface area contributed by atoms with Gasteiger partial charge in [-0.2, -0.15) is 0 Å². The minimum absolute atomic E-state index is 0.00745. The lowest BCUT2D eigenvalue weighted by Gasteiger charge is -2.51. The van der Waals surface area contributed by atoms with E-state index in [0.29, 0.717) is 11.8 Å². The quantitative estimate of drug-likeness (QED) is 0.491. The summed E-state index contributed by atoms with van der Waals surface area (Å²) in [7, 11) is 0. The second-order valence-electron chi connectivity index (χ2n) is 9.54. The van der Waals surface area contributed by atoms with Gasteiger partial charge in [-0.05, 0) is 62.0 Å². The van der Waals surface area contributed by atoms with Crippen LogP contribution >= 0.6 is 0 Å². The molecule has 146 valence electrons. The summed E-state index contributed by atoms with van der Waals surface area (Å²) in [5.41, 5.74) is 1.75. The second-order valence-corrected chi connectivity index (χ2v) is 9.54. The topological polar surface area (TPSA) is 50.9 Å². The fraction of sp³-hybridized carbons (Fsp3) is 0.696. The molecule has 2 aliphatic carbocycles. The van der Waals surface area contributed by atoms with Crippen LogP contribution in [0.15, 0.2) is 30.3 Å². The number of nitrogens with one attached hydrogen (secondary N) is 1. The summed E-state index contributed by atoms with van der Waals surface area (Å²) in [5, 5.41) is 3.53. The summed E-state index contributed by atoms with van der Waals surface area (Å²) in [6.45, 7) is 4.98. The molecule has 4 nitrogen and oxygen atoms in total. The largest absolute Gasteiger partial charge is 0.462 e. The van der Waals surface area contributed by atoms with E-state index in [4.69, 9.17) is 9.47 Å². The lowest BCUT2D eigenvalue weighted by Crippen LogP contribution is -2.51. The Morgan fingerprint density at radius 3 is 2.81 bits per heavy atom. The minimum Gasteiger partial charge on any atom is -0.462 e. The zero-order valence-electron chi connectivity index (χ0n) is 16.3. The highest BCUT2D eigenvalue weighted by Crippen LogP contribution is 2.62. The first kappa shape index (κ1) is 17.7. The van der Waals surface area contributed by atoms with Gasteiger partial charge in [0.15, 0.2) is 0 Å². The Labute approximate surface area is 162 Å². The summed E-state index contributed by atoms with van der Waals surface area (Å²) >= 11 is 0. The Kier molecular flexibility index (Phi) is 4.32. The number of epoxide rings is 1. The molecule has 2 heterocycles. The van der Waals surface area contributed by atoms with E-state index in [1.165, 1.54) is 24.8 Å². The fourth-order valence-electron chi connectivity index (χ4n) is 6.33. The normalized spacial score (nSPS) is 42.5. The van der Waals surface area contributed by atoms with Gasteiger partial charge >= 0.3 is 5.97 Å². The lowest BCUT2D eigenvalue weighted by molar-refractivity contribution is -0.147. The smallest absolute Gasteiger partial charge is 0.310 e. The summed E-state index contributed by atoms with van der Waals surface area (Å²) in [6, 6.07) is 10.5. The second kappa shape index (κ2) is 6.59. The third-order valence-corrected chi connectivity index (χ3v) is 7.88. The van der Waals surface area contributed by atoms with Crippen molar-refractivity contribution >= 4 is 5.97 Å². The van der Waals surface area contributed by atoms with Crippen molar-refractivity contribution in [2.75, 3.05) is 19.7 Å². The first-order valence-electron chi connectivity index (χ1n) is 10.7. The van der Waals surface area contributed by atoms with Gasteiger partial charge in [0.25, 0.3) is 0 Å². The maximum Gasteiger partial charge on any atom is 0.310 e. The number of hydrogen-bond acceptors (Lipinski definition) is 4. The van der Waals surface area contributed by atoms with Crippen molar-refractivity contribution in [3.8, 4) is 0 Å². The zero-order chi connectivity index (χ0) is 18.5. The van der Waals surface area contributed by atoms with E-state index < -0.39 is 0 Å². The molecule has 2 saturated heterocycles. The molecule has 1 N–H and O–H groups in total. The molecule has 4 aliphatic rings. The molecule has 4 heteroatoms.